The normalized spacial score (nSPS) is 11.4. The quantitative estimate of drug-likeness (QED) is 0.905. The van der Waals surface area contributed by atoms with Crippen molar-refractivity contribution in [3.8, 4) is 0 Å². The van der Waals surface area contributed by atoms with Gasteiger partial charge >= 0.3 is 12.1 Å². The molecule has 1 N–H and O–H groups in total. The van der Waals surface area contributed by atoms with Crippen LogP contribution in [0.3, 0.4) is 0 Å². The van der Waals surface area contributed by atoms with Crippen LogP contribution in [0.25, 0.3) is 0 Å². The van der Waals surface area contributed by atoms with Crippen LogP contribution in [0.1, 0.15) is 26.3 Å². The Bertz CT molecular complexity index is 520. The minimum atomic E-state index is -0.858. The number of nitrogens with zero attached hydrogens (tertiary/aromatic N) is 2. The highest BCUT2D eigenvalue weighted by Gasteiger charge is 2.20. The van der Waals surface area contributed by atoms with Gasteiger partial charge in [-0.05, 0) is 45.5 Å². The summed E-state index contributed by atoms with van der Waals surface area (Å²) in [4.78, 5) is 25.7. The summed E-state index contributed by atoms with van der Waals surface area (Å²) in [6.45, 7) is 5.97. The number of carboxylic acids is 1. The van der Waals surface area contributed by atoms with E-state index in [-0.39, 0.29) is 6.54 Å². The third-order valence-corrected chi connectivity index (χ3v) is 2.85. The van der Waals surface area contributed by atoms with Gasteiger partial charge in [0.05, 0.1) is 6.54 Å². The Morgan fingerprint density at radius 2 is 1.68 bits per heavy atom. The summed E-state index contributed by atoms with van der Waals surface area (Å²) < 4.78 is 5.31. The van der Waals surface area contributed by atoms with Gasteiger partial charge in [-0.2, -0.15) is 0 Å². The second-order valence-electron chi connectivity index (χ2n) is 6.27. The largest absolute Gasteiger partial charge is 0.480 e. The van der Waals surface area contributed by atoms with E-state index in [1.807, 2.05) is 45.0 Å². The predicted octanol–water partition coefficient (Wildman–Crippen LogP) is 2.57. The molecule has 0 fully saturated rings. The first kappa shape index (κ1) is 18.0. The molecule has 0 aliphatic heterocycles. The molecule has 0 aliphatic carbocycles. The second kappa shape index (κ2) is 7.26. The van der Waals surface area contributed by atoms with Crippen molar-refractivity contribution in [1.29, 1.82) is 0 Å². The van der Waals surface area contributed by atoms with Gasteiger partial charge < -0.3 is 9.84 Å². The number of hydrogen-bond acceptors (Lipinski definition) is 4. The lowest BCUT2D eigenvalue weighted by Gasteiger charge is -2.25. The Balaban J connectivity index is 2.68. The third kappa shape index (κ3) is 6.13. The fourth-order valence-electron chi connectivity index (χ4n) is 1.86. The average Bonchev–Trinajstić information content (AvgIpc) is 2.35. The Labute approximate surface area is 131 Å². The maximum atomic E-state index is 12.0. The van der Waals surface area contributed by atoms with Crippen molar-refractivity contribution in [2.24, 2.45) is 0 Å². The van der Waals surface area contributed by atoms with Gasteiger partial charge in [-0.15, -0.1) is 0 Å². The van der Waals surface area contributed by atoms with Crippen LogP contribution in [0.15, 0.2) is 24.3 Å². The van der Waals surface area contributed by atoms with Crippen molar-refractivity contribution >= 4 is 17.7 Å². The van der Waals surface area contributed by atoms with Gasteiger partial charge in [-0.3, -0.25) is 14.6 Å². The van der Waals surface area contributed by atoms with Crippen LogP contribution in [-0.4, -0.2) is 48.3 Å². The van der Waals surface area contributed by atoms with Crippen molar-refractivity contribution in [3.05, 3.63) is 29.8 Å². The lowest BCUT2D eigenvalue weighted by molar-refractivity contribution is -0.138. The van der Waals surface area contributed by atoms with E-state index in [9.17, 15) is 9.59 Å². The lowest BCUT2D eigenvalue weighted by Crippen LogP contribution is -2.34. The molecule has 0 bridgehead atoms. The number of amides is 1. The van der Waals surface area contributed by atoms with Crippen LogP contribution in [0.2, 0.25) is 0 Å². The Hall–Kier alpha value is -2.08. The summed E-state index contributed by atoms with van der Waals surface area (Å²) in [6.07, 6.45) is -0.414. The molecule has 122 valence electrons. The Morgan fingerprint density at radius 3 is 2.14 bits per heavy atom. The van der Waals surface area contributed by atoms with E-state index in [4.69, 9.17) is 9.84 Å². The van der Waals surface area contributed by atoms with E-state index in [1.165, 1.54) is 4.90 Å². The second-order valence-corrected chi connectivity index (χ2v) is 6.27. The molecule has 6 nitrogen and oxygen atoms in total. The molecule has 0 heterocycles. The van der Waals surface area contributed by atoms with Crippen LogP contribution >= 0.6 is 0 Å². The van der Waals surface area contributed by atoms with E-state index in [2.05, 4.69) is 0 Å². The zero-order valence-electron chi connectivity index (χ0n) is 13.8. The number of ether oxygens (including phenoxy) is 1. The molecule has 0 spiro atoms. The molecule has 1 aromatic carbocycles. The topological polar surface area (TPSA) is 70.1 Å². The summed E-state index contributed by atoms with van der Waals surface area (Å²) in [5, 5.41) is 8.73. The minimum absolute atomic E-state index is 0.0143. The number of carboxylic acid groups (broad SMARTS) is 1. The number of carbonyl (C=O) groups is 2. The first-order chi connectivity index (χ1) is 10.1. The van der Waals surface area contributed by atoms with Crippen molar-refractivity contribution in [3.63, 3.8) is 0 Å². The van der Waals surface area contributed by atoms with E-state index >= 15 is 0 Å². The summed E-state index contributed by atoms with van der Waals surface area (Å²) >= 11 is 0. The monoisotopic (exact) mass is 308 g/mol. The molecule has 0 radical (unpaired) electrons. The molecular formula is C16H24N2O4. The minimum Gasteiger partial charge on any atom is -0.480 e. The number of likely N-dealkylation sites (N-methyl/N-ethyl adjacent to an activating group) is 1. The molecule has 0 aromatic heterocycles. The van der Waals surface area contributed by atoms with Gasteiger partial charge in [0.2, 0.25) is 0 Å². The zero-order valence-corrected chi connectivity index (χ0v) is 13.8. The average molecular weight is 308 g/mol. The van der Waals surface area contributed by atoms with Crippen molar-refractivity contribution in [2.75, 3.05) is 25.5 Å². The summed E-state index contributed by atoms with van der Waals surface area (Å²) in [5.74, 6) is -0.858. The van der Waals surface area contributed by atoms with Crippen LogP contribution in [0.5, 0.6) is 0 Å². The van der Waals surface area contributed by atoms with E-state index in [1.54, 1.807) is 19.0 Å². The van der Waals surface area contributed by atoms with Gasteiger partial charge in [0.15, 0.2) is 0 Å². The molecule has 22 heavy (non-hydrogen) atoms. The summed E-state index contributed by atoms with van der Waals surface area (Å²) in [6, 6.07) is 7.37. The standard InChI is InChI=1S/C16H24N2O4/c1-16(2,3)22-15(21)18(5)13-8-6-12(7-9-13)10-17(4)11-14(19)20/h6-9H,10-11H2,1-5H3,(H,19,20). The molecule has 1 rings (SSSR count). The fourth-order valence-corrected chi connectivity index (χ4v) is 1.86. The molecule has 0 saturated carbocycles. The summed E-state index contributed by atoms with van der Waals surface area (Å²) in [7, 11) is 3.40. The van der Waals surface area contributed by atoms with Gasteiger partial charge in [0.1, 0.15) is 5.60 Å². The van der Waals surface area contributed by atoms with Crippen LogP contribution in [0, 0.1) is 0 Å². The maximum Gasteiger partial charge on any atom is 0.414 e. The molecule has 0 unspecified atom stereocenters. The fraction of sp³-hybridized carbons (Fsp3) is 0.500. The van der Waals surface area contributed by atoms with Gasteiger partial charge in [0, 0.05) is 19.3 Å². The first-order valence-electron chi connectivity index (χ1n) is 7.04. The van der Waals surface area contributed by atoms with E-state index < -0.39 is 17.7 Å². The molecule has 0 saturated heterocycles. The van der Waals surface area contributed by atoms with Gasteiger partial charge in [-0.25, -0.2) is 4.79 Å². The SMILES string of the molecule is CN(CC(=O)O)Cc1ccc(N(C)C(=O)OC(C)(C)C)cc1. The van der Waals surface area contributed by atoms with E-state index in [0.717, 1.165) is 11.3 Å². The predicted molar refractivity (Wildman–Crippen MR) is 85.0 cm³/mol. The highest BCUT2D eigenvalue weighted by molar-refractivity contribution is 5.87. The van der Waals surface area contributed by atoms with Crippen LogP contribution in [-0.2, 0) is 16.1 Å². The summed E-state index contributed by atoms with van der Waals surface area (Å²) in [5.41, 5.74) is 1.16. The van der Waals surface area contributed by atoms with Crippen molar-refractivity contribution < 1.29 is 19.4 Å². The number of aliphatic carboxylic acids is 1. The highest BCUT2D eigenvalue weighted by atomic mass is 16.6. The van der Waals surface area contributed by atoms with Crippen molar-refractivity contribution in [1.82, 2.24) is 4.90 Å². The van der Waals surface area contributed by atoms with E-state index in [0.29, 0.717) is 6.54 Å². The molecule has 0 atom stereocenters. The smallest absolute Gasteiger partial charge is 0.414 e. The van der Waals surface area contributed by atoms with Gasteiger partial charge in [-0.1, -0.05) is 12.1 Å². The number of hydrogen-bond donors (Lipinski definition) is 1. The third-order valence-electron chi connectivity index (χ3n) is 2.85. The number of anilines is 1. The zero-order chi connectivity index (χ0) is 16.9. The van der Waals surface area contributed by atoms with Crippen LogP contribution in [0.4, 0.5) is 10.5 Å². The molecule has 1 amide bonds. The molecule has 6 heteroatoms. The number of carbonyl (C=O) groups excluding carboxylic acids is 1. The van der Waals surface area contributed by atoms with Crippen molar-refractivity contribution in [2.45, 2.75) is 32.9 Å². The van der Waals surface area contributed by atoms with Gasteiger partial charge in [0.25, 0.3) is 0 Å². The lowest BCUT2D eigenvalue weighted by atomic mass is 10.2. The highest BCUT2D eigenvalue weighted by Crippen LogP contribution is 2.18. The number of rotatable bonds is 5. The molecule has 1 aromatic rings. The first-order valence-corrected chi connectivity index (χ1v) is 7.04. The van der Waals surface area contributed by atoms with Crippen LogP contribution < -0.4 is 4.90 Å². The maximum absolute atomic E-state index is 12.0. The molecule has 0 aliphatic rings. The number of benzene rings is 1. The molecular weight excluding hydrogens is 284 g/mol. The Morgan fingerprint density at radius 1 is 1.14 bits per heavy atom. The Kier molecular flexibility index (Phi) is 5.93.